The third kappa shape index (κ3) is 3.98. The van der Waals surface area contributed by atoms with Gasteiger partial charge >= 0.3 is 12.1 Å². The normalized spacial score (nSPS) is 18.7. The number of carbonyl (C=O) groups is 1. The van der Waals surface area contributed by atoms with Gasteiger partial charge in [0.05, 0.1) is 38.0 Å². The van der Waals surface area contributed by atoms with Gasteiger partial charge in [0.25, 0.3) is 5.91 Å². The number of benzene rings is 2. The predicted octanol–water partition coefficient (Wildman–Crippen LogP) is 4.72. The van der Waals surface area contributed by atoms with Crippen LogP contribution in [0.1, 0.15) is 38.7 Å². The summed E-state index contributed by atoms with van der Waals surface area (Å²) in [5.74, 6) is -4.91. The number of hydrogen-bond acceptors (Lipinski definition) is 5. The minimum absolute atomic E-state index is 0.0790. The molecule has 0 aliphatic carbocycles. The Morgan fingerprint density at radius 2 is 1.71 bits per heavy atom. The highest BCUT2D eigenvalue weighted by atomic mass is 19.4. The van der Waals surface area contributed by atoms with Crippen LogP contribution in [0.15, 0.2) is 42.5 Å². The number of anilines is 1. The summed E-state index contributed by atoms with van der Waals surface area (Å²) in [5, 5.41) is 0.751. The molecule has 2 aliphatic heterocycles. The zero-order valence-electron chi connectivity index (χ0n) is 18.2. The molecule has 1 aromatic heterocycles. The molecule has 0 unspecified atom stereocenters. The molecule has 0 bridgehead atoms. The zero-order valence-corrected chi connectivity index (χ0v) is 18.2. The fourth-order valence-corrected chi connectivity index (χ4v) is 4.47. The van der Waals surface area contributed by atoms with Crippen molar-refractivity contribution in [3.63, 3.8) is 0 Å². The van der Waals surface area contributed by atoms with E-state index in [0.29, 0.717) is 35.7 Å². The summed E-state index contributed by atoms with van der Waals surface area (Å²) >= 11 is 0. The van der Waals surface area contributed by atoms with Crippen LogP contribution >= 0.6 is 0 Å². The maximum absolute atomic E-state index is 13.7. The highest BCUT2D eigenvalue weighted by molar-refractivity contribution is 5.99. The van der Waals surface area contributed by atoms with Crippen LogP contribution in [0.5, 0.6) is 0 Å². The summed E-state index contributed by atoms with van der Waals surface area (Å²) < 4.78 is 76.4. The van der Waals surface area contributed by atoms with Gasteiger partial charge in [-0.2, -0.15) is 22.0 Å². The Labute approximate surface area is 196 Å². The maximum atomic E-state index is 13.7. The van der Waals surface area contributed by atoms with Crippen molar-refractivity contribution in [2.45, 2.75) is 31.4 Å². The molecule has 5 rings (SSSR count). The molecule has 3 heterocycles. The fourth-order valence-electron chi connectivity index (χ4n) is 4.47. The van der Waals surface area contributed by atoms with Crippen LogP contribution in [0.2, 0.25) is 0 Å². The van der Waals surface area contributed by atoms with Gasteiger partial charge in [0.1, 0.15) is 5.82 Å². The molecule has 6 nitrogen and oxygen atoms in total. The Bertz CT molecular complexity index is 1290. The molecule has 0 saturated carbocycles. The van der Waals surface area contributed by atoms with Gasteiger partial charge < -0.3 is 20.1 Å². The molecule has 2 aliphatic rings. The van der Waals surface area contributed by atoms with Crippen molar-refractivity contribution >= 4 is 22.6 Å². The summed E-state index contributed by atoms with van der Waals surface area (Å²) in [7, 11) is 0. The van der Waals surface area contributed by atoms with E-state index in [0.717, 1.165) is 28.6 Å². The molecule has 1 saturated heterocycles. The molecule has 0 spiro atoms. The number of nitrogens with two attached hydrogens (primary N) is 1. The molecule has 3 aromatic rings. The summed E-state index contributed by atoms with van der Waals surface area (Å²) in [4.78, 5) is 19.4. The van der Waals surface area contributed by atoms with Gasteiger partial charge in [-0.25, -0.2) is 4.98 Å². The van der Waals surface area contributed by atoms with E-state index in [2.05, 4.69) is 4.98 Å². The molecule has 1 fully saturated rings. The van der Waals surface area contributed by atoms with E-state index in [1.807, 2.05) is 0 Å². The molecule has 1 atom stereocenters. The van der Waals surface area contributed by atoms with E-state index >= 15 is 0 Å². The maximum Gasteiger partial charge on any atom is 0.458 e. The SMILES string of the molecule is Nc1nc2ccc(C(=O)N3CCOC[C@@H]3c3ccc(C(F)(F)C(F)(F)F)cc3)cc2c2c1COC2. The summed E-state index contributed by atoms with van der Waals surface area (Å²) in [6.45, 7) is 1.27. The molecular weight excluding hydrogens is 473 g/mol. The van der Waals surface area contributed by atoms with Gasteiger partial charge in [-0.05, 0) is 29.3 Å². The highest BCUT2D eigenvalue weighted by Gasteiger charge is 2.58. The number of ether oxygens (including phenoxy) is 2. The zero-order chi connectivity index (χ0) is 25.0. The van der Waals surface area contributed by atoms with E-state index in [1.54, 1.807) is 18.2 Å². The largest absolute Gasteiger partial charge is 0.458 e. The lowest BCUT2D eigenvalue weighted by atomic mass is 9.98. The van der Waals surface area contributed by atoms with Crippen LogP contribution in [0.3, 0.4) is 0 Å². The molecule has 184 valence electrons. The second-order valence-electron chi connectivity index (χ2n) is 8.46. The number of hydrogen-bond donors (Lipinski definition) is 1. The first-order chi connectivity index (χ1) is 16.6. The fraction of sp³-hybridized carbons (Fsp3) is 0.333. The lowest BCUT2D eigenvalue weighted by Gasteiger charge is -2.36. The Hall–Kier alpha value is -3.31. The Morgan fingerprint density at radius 3 is 2.43 bits per heavy atom. The number of nitrogens with zero attached hydrogens (tertiary/aromatic N) is 2. The smallest absolute Gasteiger partial charge is 0.383 e. The van der Waals surface area contributed by atoms with Crippen molar-refractivity contribution in [3.8, 4) is 0 Å². The predicted molar refractivity (Wildman–Crippen MR) is 116 cm³/mol. The van der Waals surface area contributed by atoms with Crippen molar-refractivity contribution < 1.29 is 36.2 Å². The van der Waals surface area contributed by atoms with Crippen molar-refractivity contribution in [1.82, 2.24) is 9.88 Å². The number of amides is 1. The number of alkyl halides is 5. The third-order valence-corrected chi connectivity index (χ3v) is 6.38. The number of nitrogen functional groups attached to an aromatic ring is 1. The minimum Gasteiger partial charge on any atom is -0.383 e. The molecule has 1 amide bonds. The quantitative estimate of drug-likeness (QED) is 0.535. The van der Waals surface area contributed by atoms with Gasteiger partial charge in [-0.15, -0.1) is 0 Å². The van der Waals surface area contributed by atoms with E-state index < -0.39 is 23.7 Å². The van der Waals surface area contributed by atoms with Gasteiger partial charge in [0, 0.05) is 28.6 Å². The summed E-state index contributed by atoms with van der Waals surface area (Å²) in [5.41, 5.74) is 7.91. The van der Waals surface area contributed by atoms with Crippen molar-refractivity contribution in [3.05, 3.63) is 70.3 Å². The lowest BCUT2D eigenvalue weighted by molar-refractivity contribution is -0.289. The number of halogens is 5. The van der Waals surface area contributed by atoms with Crippen LogP contribution in [-0.4, -0.2) is 41.7 Å². The number of morpholine rings is 1. The molecule has 0 radical (unpaired) electrons. The van der Waals surface area contributed by atoms with Gasteiger partial charge in [-0.3, -0.25) is 4.79 Å². The number of aromatic nitrogens is 1. The highest BCUT2D eigenvalue weighted by Crippen LogP contribution is 2.44. The summed E-state index contributed by atoms with van der Waals surface area (Å²) in [6.07, 6.45) is -5.70. The molecule has 35 heavy (non-hydrogen) atoms. The van der Waals surface area contributed by atoms with E-state index in [-0.39, 0.29) is 25.7 Å². The van der Waals surface area contributed by atoms with E-state index in [1.165, 1.54) is 17.0 Å². The first-order valence-corrected chi connectivity index (χ1v) is 10.8. The monoisotopic (exact) mass is 493 g/mol. The molecule has 2 aromatic carbocycles. The van der Waals surface area contributed by atoms with Crippen molar-refractivity contribution in [2.75, 3.05) is 25.5 Å². The molecule has 11 heteroatoms. The number of fused-ring (bicyclic) bond motifs is 3. The van der Waals surface area contributed by atoms with Crippen molar-refractivity contribution in [1.29, 1.82) is 0 Å². The second-order valence-corrected chi connectivity index (χ2v) is 8.46. The Morgan fingerprint density at radius 1 is 1.00 bits per heavy atom. The number of pyridine rings is 1. The summed E-state index contributed by atoms with van der Waals surface area (Å²) in [6, 6.07) is 8.19. The van der Waals surface area contributed by atoms with Crippen LogP contribution in [-0.2, 0) is 28.6 Å². The lowest BCUT2D eigenvalue weighted by Crippen LogP contribution is -2.43. The van der Waals surface area contributed by atoms with Gasteiger partial charge in [0.15, 0.2) is 0 Å². The van der Waals surface area contributed by atoms with Crippen LogP contribution < -0.4 is 5.73 Å². The van der Waals surface area contributed by atoms with Crippen LogP contribution in [0.4, 0.5) is 27.8 Å². The first-order valence-electron chi connectivity index (χ1n) is 10.8. The van der Waals surface area contributed by atoms with E-state index in [4.69, 9.17) is 15.2 Å². The molecular formula is C24H20F5N3O3. The minimum atomic E-state index is -5.70. The van der Waals surface area contributed by atoms with E-state index in [9.17, 15) is 26.7 Å². The topological polar surface area (TPSA) is 77.7 Å². The third-order valence-electron chi connectivity index (χ3n) is 6.38. The second kappa shape index (κ2) is 8.42. The molecule has 2 N–H and O–H groups in total. The number of rotatable bonds is 3. The number of carbonyl (C=O) groups excluding carboxylic acids is 1. The van der Waals surface area contributed by atoms with Gasteiger partial charge in [0.2, 0.25) is 0 Å². The van der Waals surface area contributed by atoms with Crippen LogP contribution in [0.25, 0.3) is 10.9 Å². The van der Waals surface area contributed by atoms with Crippen molar-refractivity contribution in [2.24, 2.45) is 0 Å². The van der Waals surface area contributed by atoms with Crippen LogP contribution in [0, 0.1) is 0 Å². The Balaban J connectivity index is 1.46. The van der Waals surface area contributed by atoms with Gasteiger partial charge in [-0.1, -0.05) is 24.3 Å². The first kappa shape index (κ1) is 23.4. The average molecular weight is 493 g/mol. The Kier molecular flexibility index (Phi) is 5.64. The standard InChI is InChI=1S/C24H20F5N3O3/c25-23(26,24(27,28)29)15-4-1-13(2-5-15)20-12-34-8-7-32(20)22(33)14-3-6-19-16(9-14)17-10-35-11-18(17)21(30)31-19/h1-6,9,20H,7-8,10-12H2,(H2,30,31)/t20-/m1/s1. The average Bonchev–Trinajstić information content (AvgIpc) is 3.34.